The normalized spacial score (nSPS) is 21.9. The molecule has 3 atom stereocenters. The molecule has 4 heterocycles. The number of ether oxygens (including phenoxy) is 2. The summed E-state index contributed by atoms with van der Waals surface area (Å²) in [5.74, 6) is 3.20. The highest BCUT2D eigenvalue weighted by molar-refractivity contribution is 5.93. The van der Waals surface area contributed by atoms with E-state index in [-0.39, 0.29) is 23.8 Å². The monoisotopic (exact) mass is 492 g/mol. The lowest BCUT2D eigenvalue weighted by molar-refractivity contribution is -0.137. The van der Waals surface area contributed by atoms with E-state index in [0.717, 1.165) is 29.0 Å². The first-order chi connectivity index (χ1) is 17.3. The summed E-state index contributed by atoms with van der Waals surface area (Å²) in [6.45, 7) is 0. The third kappa shape index (κ3) is 3.16. The highest BCUT2D eigenvalue weighted by atomic mass is 19.4. The Kier molecular flexibility index (Phi) is 4.26. The predicted molar refractivity (Wildman–Crippen MR) is 123 cm³/mol. The number of halogens is 3. The Balaban J connectivity index is 1.18. The summed E-state index contributed by atoms with van der Waals surface area (Å²) in [5.41, 5.74) is 2.12. The van der Waals surface area contributed by atoms with Gasteiger partial charge < -0.3 is 19.4 Å². The van der Waals surface area contributed by atoms with Gasteiger partial charge in [0.05, 0.1) is 22.5 Å². The Hall–Kier alpha value is -4.08. The van der Waals surface area contributed by atoms with Crippen LogP contribution in [0.25, 0.3) is 11.0 Å². The van der Waals surface area contributed by atoms with Crippen LogP contribution in [0.4, 0.5) is 19.0 Å². The first-order valence-corrected chi connectivity index (χ1v) is 11.6. The van der Waals surface area contributed by atoms with Gasteiger partial charge in [0.15, 0.2) is 0 Å². The third-order valence-electron chi connectivity index (χ3n) is 7.20. The predicted octanol–water partition coefficient (Wildman–Crippen LogP) is 5.31. The zero-order chi connectivity index (χ0) is 24.8. The molecule has 7 rings (SSSR count). The number of pyridine rings is 1. The number of rotatable bonds is 3. The molecular weight excluding hydrogens is 473 g/mol. The number of anilines is 1. The molecule has 2 aliphatic heterocycles. The molecule has 182 valence electrons. The van der Waals surface area contributed by atoms with Crippen molar-refractivity contribution in [3.8, 4) is 17.2 Å². The van der Waals surface area contributed by atoms with Gasteiger partial charge in [-0.1, -0.05) is 0 Å². The number of amides is 1. The van der Waals surface area contributed by atoms with Crippen molar-refractivity contribution < 1.29 is 27.4 Å². The number of nitrogens with one attached hydrogen (secondary N) is 1. The van der Waals surface area contributed by atoms with E-state index in [1.54, 1.807) is 23.9 Å². The molecule has 1 N–H and O–H groups in total. The number of benzene rings is 2. The lowest BCUT2D eigenvalue weighted by Gasteiger charge is -2.19. The number of hydrogen-bond donors (Lipinski definition) is 1. The molecule has 2 aromatic heterocycles. The second kappa shape index (κ2) is 7.22. The number of imidazole rings is 1. The van der Waals surface area contributed by atoms with Gasteiger partial charge in [-0.05, 0) is 48.9 Å². The van der Waals surface area contributed by atoms with Gasteiger partial charge in [0.2, 0.25) is 5.91 Å². The molecule has 0 saturated heterocycles. The Morgan fingerprint density at radius 2 is 1.97 bits per heavy atom. The molecule has 1 fully saturated rings. The molecule has 2 aromatic carbocycles. The van der Waals surface area contributed by atoms with Crippen LogP contribution in [0.3, 0.4) is 0 Å². The van der Waals surface area contributed by atoms with E-state index in [2.05, 4.69) is 15.3 Å². The van der Waals surface area contributed by atoms with Crippen molar-refractivity contribution in [3.63, 3.8) is 0 Å². The van der Waals surface area contributed by atoms with E-state index < -0.39 is 11.7 Å². The summed E-state index contributed by atoms with van der Waals surface area (Å²) < 4.78 is 53.7. The van der Waals surface area contributed by atoms with Crippen LogP contribution in [0.15, 0.2) is 48.7 Å². The van der Waals surface area contributed by atoms with E-state index >= 15 is 0 Å². The van der Waals surface area contributed by atoms with Crippen LogP contribution in [0.1, 0.15) is 40.8 Å². The zero-order valence-electron chi connectivity index (χ0n) is 19.0. The zero-order valence-corrected chi connectivity index (χ0v) is 19.0. The van der Waals surface area contributed by atoms with Crippen LogP contribution in [0.5, 0.6) is 17.2 Å². The lowest BCUT2D eigenvalue weighted by Crippen LogP contribution is -2.20. The number of hydrogen-bond acceptors (Lipinski definition) is 5. The van der Waals surface area contributed by atoms with Gasteiger partial charge in [0.25, 0.3) is 0 Å². The molecular formula is C26H19F3N4O3. The largest absolute Gasteiger partial charge is 0.489 e. The van der Waals surface area contributed by atoms with E-state index in [4.69, 9.17) is 9.47 Å². The van der Waals surface area contributed by atoms with Crippen molar-refractivity contribution in [2.24, 2.45) is 7.05 Å². The summed E-state index contributed by atoms with van der Waals surface area (Å²) in [5, 5.41) is 2.77. The Morgan fingerprint density at radius 1 is 1.11 bits per heavy atom. The second-order valence-corrected chi connectivity index (χ2v) is 9.35. The van der Waals surface area contributed by atoms with Crippen LogP contribution in [0, 0.1) is 0 Å². The van der Waals surface area contributed by atoms with Crippen molar-refractivity contribution in [1.82, 2.24) is 14.5 Å². The number of carbonyl (C=O) groups is 1. The Labute approximate surface area is 202 Å². The molecule has 10 heteroatoms. The van der Waals surface area contributed by atoms with Crippen LogP contribution in [0.2, 0.25) is 0 Å². The quantitative estimate of drug-likeness (QED) is 0.420. The van der Waals surface area contributed by atoms with Crippen LogP contribution >= 0.6 is 0 Å². The number of aryl methyl sites for hydroxylation is 1. The van der Waals surface area contributed by atoms with E-state index in [1.165, 1.54) is 6.07 Å². The van der Waals surface area contributed by atoms with E-state index in [0.29, 0.717) is 47.0 Å². The molecule has 3 unspecified atom stereocenters. The highest BCUT2D eigenvalue weighted by Gasteiger charge is 2.61. The van der Waals surface area contributed by atoms with Crippen LogP contribution < -0.4 is 14.8 Å². The average Bonchev–Trinajstić information content (AvgIpc) is 3.26. The summed E-state index contributed by atoms with van der Waals surface area (Å²) >= 11 is 0. The molecule has 7 nitrogen and oxygen atoms in total. The van der Waals surface area contributed by atoms with Crippen molar-refractivity contribution >= 4 is 22.8 Å². The first kappa shape index (κ1) is 21.2. The number of aromatic nitrogens is 3. The van der Waals surface area contributed by atoms with Crippen LogP contribution in [-0.2, 0) is 24.4 Å². The average molecular weight is 492 g/mol. The van der Waals surface area contributed by atoms with E-state index in [9.17, 15) is 18.0 Å². The number of nitrogens with zero attached hydrogens (tertiary/aromatic N) is 3. The summed E-state index contributed by atoms with van der Waals surface area (Å²) in [6, 6.07) is 11.0. The van der Waals surface area contributed by atoms with Gasteiger partial charge in [0.1, 0.15) is 35.0 Å². The maximum atomic E-state index is 13.2. The molecule has 0 radical (unpaired) electrons. The molecule has 1 aliphatic carbocycles. The highest BCUT2D eigenvalue weighted by Crippen LogP contribution is 2.63. The van der Waals surface area contributed by atoms with Crippen molar-refractivity contribution in [1.29, 1.82) is 0 Å². The lowest BCUT2D eigenvalue weighted by atomic mass is 10.1. The van der Waals surface area contributed by atoms with Crippen molar-refractivity contribution in [2.45, 2.75) is 37.0 Å². The van der Waals surface area contributed by atoms with Gasteiger partial charge >= 0.3 is 6.18 Å². The molecule has 0 bridgehead atoms. The third-order valence-corrected chi connectivity index (χ3v) is 7.20. The van der Waals surface area contributed by atoms with Gasteiger partial charge in [-0.2, -0.15) is 13.2 Å². The fraction of sp³-hybridized carbons (Fsp3) is 0.269. The first-order valence-electron chi connectivity index (χ1n) is 11.6. The Morgan fingerprint density at radius 3 is 2.81 bits per heavy atom. The molecule has 1 saturated carbocycles. The van der Waals surface area contributed by atoms with Crippen molar-refractivity contribution in [3.05, 3.63) is 71.2 Å². The van der Waals surface area contributed by atoms with Crippen molar-refractivity contribution in [2.75, 3.05) is 5.32 Å². The molecule has 4 aromatic rings. The fourth-order valence-electron chi connectivity index (χ4n) is 5.37. The second-order valence-electron chi connectivity index (χ2n) is 9.35. The standard InChI is InChI=1S/C26H19F3N4O3/c1-33-17-10-12(26(27,28)29)2-5-16(17)31-25(33)22-21-15-11-13(3-6-18(15)36-23(21)22)35-19-8-9-30-24-14(19)4-7-20(34)32-24/h2-3,5-6,8-11,21-23H,4,7H2,1H3,(H,30,32,34). The topological polar surface area (TPSA) is 78.3 Å². The maximum absolute atomic E-state index is 13.2. The van der Waals surface area contributed by atoms with Gasteiger partial charge in [-0.15, -0.1) is 0 Å². The molecule has 0 spiro atoms. The number of fused-ring (bicyclic) bond motifs is 5. The minimum atomic E-state index is -4.41. The fourth-order valence-corrected chi connectivity index (χ4v) is 5.37. The van der Waals surface area contributed by atoms with E-state index in [1.807, 2.05) is 18.2 Å². The van der Waals surface area contributed by atoms with Gasteiger partial charge in [-0.25, -0.2) is 9.97 Å². The Bertz CT molecular complexity index is 1580. The minimum absolute atomic E-state index is 0.0480. The summed E-state index contributed by atoms with van der Waals surface area (Å²) in [7, 11) is 1.74. The van der Waals surface area contributed by atoms with Gasteiger partial charge in [-0.3, -0.25) is 4.79 Å². The molecule has 36 heavy (non-hydrogen) atoms. The van der Waals surface area contributed by atoms with Gasteiger partial charge in [0, 0.05) is 36.7 Å². The number of carbonyl (C=O) groups excluding carboxylic acids is 1. The SMILES string of the molecule is Cn1c(C2C3Oc4ccc(Oc5ccnc6c5CCC(=O)N6)cc4C32)nc2ccc(C(F)(F)F)cc21. The smallest absolute Gasteiger partial charge is 0.416 e. The maximum Gasteiger partial charge on any atom is 0.416 e. The molecule has 3 aliphatic rings. The van der Waals surface area contributed by atoms with Crippen LogP contribution in [-0.4, -0.2) is 26.5 Å². The number of alkyl halides is 3. The minimum Gasteiger partial charge on any atom is -0.489 e. The summed E-state index contributed by atoms with van der Waals surface area (Å²) in [4.78, 5) is 20.6. The summed E-state index contributed by atoms with van der Waals surface area (Å²) in [6.07, 6.45) is -2.00. The molecule has 1 amide bonds.